The van der Waals surface area contributed by atoms with Crippen LogP contribution in [0.15, 0.2) is 24.3 Å². The highest BCUT2D eigenvalue weighted by Gasteiger charge is 2.38. The van der Waals surface area contributed by atoms with E-state index in [9.17, 15) is 0 Å². The number of hydrogen-bond acceptors (Lipinski definition) is 4. The molecule has 3 heterocycles. The Hall–Kier alpha value is -1.10. The lowest BCUT2D eigenvalue weighted by Crippen LogP contribution is -2.42. The number of para-hydroxylation sites is 1. The van der Waals surface area contributed by atoms with E-state index in [2.05, 4.69) is 58.4 Å². The van der Waals surface area contributed by atoms with E-state index < -0.39 is 0 Å². The Morgan fingerprint density at radius 1 is 1.08 bits per heavy atom. The molecule has 0 unspecified atom stereocenters. The number of benzene rings is 1. The third kappa shape index (κ3) is 3.92. The van der Waals surface area contributed by atoms with Crippen LogP contribution in [-0.4, -0.2) is 69.2 Å². The van der Waals surface area contributed by atoms with Crippen molar-refractivity contribution < 1.29 is 0 Å². The van der Waals surface area contributed by atoms with Gasteiger partial charge >= 0.3 is 0 Å². The zero-order valence-electron chi connectivity index (χ0n) is 16.7. The van der Waals surface area contributed by atoms with Crippen molar-refractivity contribution in [3.05, 3.63) is 29.8 Å². The Morgan fingerprint density at radius 3 is 2.58 bits per heavy atom. The lowest BCUT2D eigenvalue weighted by atomic mass is 9.78. The number of anilines is 1. The molecule has 1 aromatic rings. The van der Waals surface area contributed by atoms with Gasteiger partial charge in [0.15, 0.2) is 0 Å². The summed E-state index contributed by atoms with van der Waals surface area (Å²) in [5.74, 6) is 0. The van der Waals surface area contributed by atoms with Crippen LogP contribution in [0.4, 0.5) is 5.69 Å². The largest absolute Gasteiger partial charge is 0.371 e. The van der Waals surface area contributed by atoms with Crippen LogP contribution >= 0.6 is 0 Å². The van der Waals surface area contributed by atoms with Gasteiger partial charge in [-0.2, -0.15) is 0 Å². The maximum absolute atomic E-state index is 3.54. The van der Waals surface area contributed by atoms with Gasteiger partial charge in [0.2, 0.25) is 0 Å². The van der Waals surface area contributed by atoms with Gasteiger partial charge in [-0.15, -0.1) is 0 Å². The maximum Gasteiger partial charge on any atom is 0.0411 e. The lowest BCUT2D eigenvalue weighted by molar-refractivity contribution is 0.194. The van der Waals surface area contributed by atoms with Crippen LogP contribution < -0.4 is 10.2 Å². The highest BCUT2D eigenvalue weighted by atomic mass is 15.2. The summed E-state index contributed by atoms with van der Waals surface area (Å²) in [7, 11) is 4.56. The second-order valence-electron chi connectivity index (χ2n) is 8.98. The summed E-state index contributed by atoms with van der Waals surface area (Å²) >= 11 is 0. The van der Waals surface area contributed by atoms with Gasteiger partial charge in [-0.05, 0) is 88.9 Å². The summed E-state index contributed by atoms with van der Waals surface area (Å²) in [6.45, 7) is 8.54. The molecule has 0 radical (unpaired) electrons. The number of likely N-dealkylation sites (tertiary alicyclic amines) is 2. The van der Waals surface area contributed by atoms with E-state index in [1.54, 1.807) is 0 Å². The van der Waals surface area contributed by atoms with Crippen LogP contribution in [0.25, 0.3) is 0 Å². The smallest absolute Gasteiger partial charge is 0.0411 e. The summed E-state index contributed by atoms with van der Waals surface area (Å²) in [4.78, 5) is 7.74. The molecule has 0 saturated carbocycles. The summed E-state index contributed by atoms with van der Waals surface area (Å²) in [6.07, 6.45) is 6.67. The minimum Gasteiger partial charge on any atom is -0.371 e. The normalized spacial score (nSPS) is 25.0. The monoisotopic (exact) mass is 356 g/mol. The number of nitrogens with zero attached hydrogens (tertiary/aromatic N) is 3. The molecule has 3 saturated heterocycles. The SMILES string of the molecule is CN1CCC(N(C)c2ccccc2CN2CCC3(CCNCC3)C2)CC1. The van der Waals surface area contributed by atoms with E-state index in [0.29, 0.717) is 11.5 Å². The molecule has 144 valence electrons. The highest BCUT2D eigenvalue weighted by Crippen LogP contribution is 2.39. The van der Waals surface area contributed by atoms with Gasteiger partial charge in [-0.1, -0.05) is 18.2 Å². The third-order valence-electron chi connectivity index (χ3n) is 7.18. The topological polar surface area (TPSA) is 21.8 Å². The lowest BCUT2D eigenvalue weighted by Gasteiger charge is -2.37. The fraction of sp³-hybridized carbons (Fsp3) is 0.727. The fourth-order valence-electron chi connectivity index (χ4n) is 5.34. The molecular formula is C22H36N4. The molecule has 0 aliphatic carbocycles. The number of piperidine rings is 2. The third-order valence-corrected chi connectivity index (χ3v) is 7.18. The molecule has 0 bridgehead atoms. The summed E-state index contributed by atoms with van der Waals surface area (Å²) < 4.78 is 0. The molecule has 3 aliphatic heterocycles. The zero-order chi connectivity index (χ0) is 18.0. The van der Waals surface area contributed by atoms with Crippen LogP contribution in [0, 0.1) is 5.41 Å². The van der Waals surface area contributed by atoms with Crippen LogP contribution in [0.1, 0.15) is 37.7 Å². The van der Waals surface area contributed by atoms with E-state index >= 15 is 0 Å². The van der Waals surface area contributed by atoms with Crippen molar-refractivity contribution in [2.45, 2.75) is 44.7 Å². The maximum atomic E-state index is 3.54. The predicted octanol–water partition coefficient (Wildman–Crippen LogP) is 2.79. The van der Waals surface area contributed by atoms with Crippen molar-refractivity contribution >= 4 is 5.69 Å². The zero-order valence-corrected chi connectivity index (χ0v) is 16.7. The number of hydrogen-bond donors (Lipinski definition) is 1. The van der Waals surface area contributed by atoms with E-state index in [0.717, 1.165) is 6.54 Å². The van der Waals surface area contributed by atoms with Gasteiger partial charge in [0.05, 0.1) is 0 Å². The molecule has 0 aromatic heterocycles. The first-order chi connectivity index (χ1) is 12.7. The van der Waals surface area contributed by atoms with E-state index in [-0.39, 0.29) is 0 Å². The second kappa shape index (κ2) is 7.87. The first-order valence-corrected chi connectivity index (χ1v) is 10.6. The fourth-order valence-corrected chi connectivity index (χ4v) is 5.34. The van der Waals surface area contributed by atoms with Crippen LogP contribution in [0.3, 0.4) is 0 Å². The first kappa shape index (κ1) is 18.3. The van der Waals surface area contributed by atoms with Crippen molar-refractivity contribution in [1.82, 2.24) is 15.1 Å². The molecule has 4 rings (SSSR count). The summed E-state index contributed by atoms with van der Waals surface area (Å²) in [5.41, 5.74) is 3.56. The van der Waals surface area contributed by atoms with Gasteiger partial charge in [0.1, 0.15) is 0 Å². The van der Waals surface area contributed by atoms with E-state index in [4.69, 9.17) is 0 Å². The average molecular weight is 357 g/mol. The average Bonchev–Trinajstić information content (AvgIpc) is 3.04. The highest BCUT2D eigenvalue weighted by molar-refractivity contribution is 5.54. The summed E-state index contributed by atoms with van der Waals surface area (Å²) in [6, 6.07) is 9.81. The Balaban J connectivity index is 1.43. The van der Waals surface area contributed by atoms with Gasteiger partial charge in [0.25, 0.3) is 0 Å². The van der Waals surface area contributed by atoms with Crippen molar-refractivity contribution in [1.29, 1.82) is 0 Å². The van der Waals surface area contributed by atoms with E-state index in [1.165, 1.54) is 82.6 Å². The van der Waals surface area contributed by atoms with Gasteiger partial charge < -0.3 is 15.1 Å². The molecule has 1 aromatic carbocycles. The molecule has 3 fully saturated rings. The standard InChI is InChI=1S/C22H36N4/c1-24-14-7-20(8-15-24)25(2)21-6-4-3-5-19(21)17-26-16-11-22(18-26)9-12-23-13-10-22/h3-6,20,23H,7-18H2,1-2H3. The Labute approximate surface area is 159 Å². The van der Waals surface area contributed by atoms with Crippen molar-refractivity contribution in [3.8, 4) is 0 Å². The molecule has 1 spiro atoms. The quantitative estimate of drug-likeness (QED) is 0.895. The van der Waals surface area contributed by atoms with E-state index in [1.807, 2.05) is 0 Å². The van der Waals surface area contributed by atoms with Gasteiger partial charge in [0, 0.05) is 31.9 Å². The molecule has 1 N–H and O–H groups in total. The minimum atomic E-state index is 0.597. The first-order valence-electron chi connectivity index (χ1n) is 10.6. The Morgan fingerprint density at radius 2 is 1.81 bits per heavy atom. The van der Waals surface area contributed by atoms with Crippen LogP contribution in [-0.2, 0) is 6.54 Å². The summed E-state index contributed by atoms with van der Waals surface area (Å²) in [5, 5.41) is 3.54. The predicted molar refractivity (Wildman–Crippen MR) is 110 cm³/mol. The van der Waals surface area contributed by atoms with Crippen LogP contribution in [0.2, 0.25) is 0 Å². The van der Waals surface area contributed by atoms with Gasteiger partial charge in [-0.25, -0.2) is 0 Å². The van der Waals surface area contributed by atoms with Crippen molar-refractivity contribution in [2.75, 3.05) is 58.3 Å². The molecular weight excluding hydrogens is 320 g/mol. The minimum absolute atomic E-state index is 0.597. The van der Waals surface area contributed by atoms with Crippen LogP contribution in [0.5, 0.6) is 0 Å². The number of nitrogens with one attached hydrogen (secondary N) is 1. The molecule has 0 amide bonds. The van der Waals surface area contributed by atoms with Crippen molar-refractivity contribution in [2.24, 2.45) is 5.41 Å². The second-order valence-corrected chi connectivity index (χ2v) is 8.98. The van der Waals surface area contributed by atoms with Gasteiger partial charge in [-0.3, -0.25) is 4.90 Å². The van der Waals surface area contributed by atoms with Crippen molar-refractivity contribution in [3.63, 3.8) is 0 Å². The molecule has 4 nitrogen and oxygen atoms in total. The Kier molecular flexibility index (Phi) is 5.53. The number of rotatable bonds is 4. The molecule has 4 heteroatoms. The molecule has 3 aliphatic rings. The Bertz CT molecular complexity index is 588. The molecule has 26 heavy (non-hydrogen) atoms. The molecule has 0 atom stereocenters.